The molecule has 2 N–H and O–H groups in total. The number of hydrogen-bond donors (Lipinski definition) is 2. The van der Waals surface area contributed by atoms with E-state index >= 15 is 0 Å². The van der Waals surface area contributed by atoms with Gasteiger partial charge in [0.15, 0.2) is 5.76 Å². The zero-order valence-electron chi connectivity index (χ0n) is 10.4. The van der Waals surface area contributed by atoms with Crippen LogP contribution in [0.5, 0.6) is 0 Å². The van der Waals surface area contributed by atoms with Gasteiger partial charge in [-0.1, -0.05) is 16.8 Å². The van der Waals surface area contributed by atoms with Crippen molar-refractivity contribution in [2.75, 3.05) is 12.4 Å². The summed E-state index contributed by atoms with van der Waals surface area (Å²) in [6.45, 7) is 2.28. The summed E-state index contributed by atoms with van der Waals surface area (Å²) >= 11 is 0. The monoisotopic (exact) mass is 245 g/mol. The van der Waals surface area contributed by atoms with Crippen molar-refractivity contribution in [2.45, 2.75) is 13.5 Å². The fraction of sp³-hybridized carbons (Fsp3) is 0.231. The summed E-state index contributed by atoms with van der Waals surface area (Å²) in [6.07, 6.45) is 1.55. The van der Waals surface area contributed by atoms with E-state index in [1.54, 1.807) is 19.3 Å². The van der Waals surface area contributed by atoms with Crippen LogP contribution in [0.2, 0.25) is 0 Å². The second kappa shape index (κ2) is 5.35. The van der Waals surface area contributed by atoms with Crippen molar-refractivity contribution >= 4 is 11.6 Å². The Labute approximate surface area is 105 Å². The Kier molecular flexibility index (Phi) is 3.62. The lowest BCUT2D eigenvalue weighted by Gasteiger charge is -2.09. The first-order valence-electron chi connectivity index (χ1n) is 5.67. The Bertz CT molecular complexity index is 535. The van der Waals surface area contributed by atoms with E-state index in [-0.39, 0.29) is 5.91 Å². The molecular formula is C13H15N3O2. The summed E-state index contributed by atoms with van der Waals surface area (Å²) in [6, 6.07) is 7.41. The third-order valence-electron chi connectivity index (χ3n) is 2.60. The smallest absolute Gasteiger partial charge is 0.253 e. The molecular weight excluding hydrogens is 230 g/mol. The maximum Gasteiger partial charge on any atom is 0.253 e. The molecule has 94 valence electrons. The summed E-state index contributed by atoms with van der Waals surface area (Å²) in [4.78, 5) is 12.1. The van der Waals surface area contributed by atoms with Gasteiger partial charge in [0, 0.05) is 18.8 Å². The Balaban J connectivity index is 2.10. The standard InChI is InChI=1S/C13H15N3O2/c1-9-3-4-12(14-2)11(7-9)13(17)15-8-10-5-6-16-18-10/h3-7,14H,8H2,1-2H3,(H,15,17). The van der Waals surface area contributed by atoms with Crippen molar-refractivity contribution in [1.82, 2.24) is 10.5 Å². The predicted octanol–water partition coefficient (Wildman–Crippen LogP) is 1.95. The van der Waals surface area contributed by atoms with Gasteiger partial charge in [-0.3, -0.25) is 4.79 Å². The van der Waals surface area contributed by atoms with Crippen LogP contribution in [0.4, 0.5) is 5.69 Å². The van der Waals surface area contributed by atoms with Gasteiger partial charge in [-0.15, -0.1) is 0 Å². The van der Waals surface area contributed by atoms with Crippen LogP contribution in [0.3, 0.4) is 0 Å². The molecule has 1 aromatic heterocycles. The quantitative estimate of drug-likeness (QED) is 0.864. The van der Waals surface area contributed by atoms with E-state index in [4.69, 9.17) is 4.52 Å². The number of benzene rings is 1. The van der Waals surface area contributed by atoms with E-state index in [1.165, 1.54) is 0 Å². The molecule has 0 fully saturated rings. The molecule has 0 spiro atoms. The Hall–Kier alpha value is -2.30. The summed E-state index contributed by atoms with van der Waals surface area (Å²) < 4.78 is 4.92. The molecule has 5 nitrogen and oxygen atoms in total. The predicted molar refractivity (Wildman–Crippen MR) is 68.4 cm³/mol. The van der Waals surface area contributed by atoms with Gasteiger partial charge in [0.2, 0.25) is 0 Å². The summed E-state index contributed by atoms with van der Waals surface area (Å²) in [5.41, 5.74) is 2.46. The van der Waals surface area contributed by atoms with Crippen molar-refractivity contribution in [3.8, 4) is 0 Å². The molecule has 0 bridgehead atoms. The van der Waals surface area contributed by atoms with Crippen molar-refractivity contribution in [2.24, 2.45) is 0 Å². The maximum atomic E-state index is 12.1. The van der Waals surface area contributed by atoms with Crippen LogP contribution in [0, 0.1) is 6.92 Å². The number of aromatic nitrogens is 1. The summed E-state index contributed by atoms with van der Waals surface area (Å²) in [7, 11) is 1.79. The normalized spacial score (nSPS) is 10.1. The number of nitrogens with one attached hydrogen (secondary N) is 2. The molecule has 0 saturated carbocycles. The lowest BCUT2D eigenvalue weighted by atomic mass is 10.1. The second-order valence-electron chi connectivity index (χ2n) is 3.96. The lowest BCUT2D eigenvalue weighted by Crippen LogP contribution is -2.23. The third-order valence-corrected chi connectivity index (χ3v) is 2.60. The molecule has 0 radical (unpaired) electrons. The first kappa shape index (κ1) is 12.2. The SMILES string of the molecule is CNc1ccc(C)cc1C(=O)NCc1ccno1. The van der Waals surface area contributed by atoms with Crippen LogP contribution in [0.1, 0.15) is 21.7 Å². The van der Waals surface area contributed by atoms with Crippen LogP contribution in [-0.2, 0) is 6.54 Å². The van der Waals surface area contributed by atoms with Gasteiger partial charge in [-0.25, -0.2) is 0 Å². The number of carbonyl (C=O) groups is 1. The van der Waals surface area contributed by atoms with Gasteiger partial charge >= 0.3 is 0 Å². The highest BCUT2D eigenvalue weighted by Gasteiger charge is 2.11. The minimum absolute atomic E-state index is 0.139. The highest BCUT2D eigenvalue weighted by atomic mass is 16.5. The fourth-order valence-corrected chi connectivity index (χ4v) is 1.66. The molecule has 0 saturated heterocycles. The van der Waals surface area contributed by atoms with Crippen LogP contribution in [-0.4, -0.2) is 18.1 Å². The topological polar surface area (TPSA) is 67.2 Å². The number of rotatable bonds is 4. The average Bonchev–Trinajstić information content (AvgIpc) is 2.89. The molecule has 18 heavy (non-hydrogen) atoms. The second-order valence-corrected chi connectivity index (χ2v) is 3.96. The zero-order valence-corrected chi connectivity index (χ0v) is 10.4. The number of anilines is 1. The molecule has 0 atom stereocenters. The molecule has 0 unspecified atom stereocenters. The molecule has 0 aliphatic heterocycles. The fourth-order valence-electron chi connectivity index (χ4n) is 1.66. The van der Waals surface area contributed by atoms with Crippen LogP contribution >= 0.6 is 0 Å². The highest BCUT2D eigenvalue weighted by Crippen LogP contribution is 2.16. The van der Waals surface area contributed by atoms with Gasteiger partial charge < -0.3 is 15.2 Å². The van der Waals surface area contributed by atoms with Crippen LogP contribution in [0.15, 0.2) is 35.0 Å². The first-order valence-corrected chi connectivity index (χ1v) is 5.67. The van der Waals surface area contributed by atoms with Gasteiger partial charge in [-0.05, 0) is 19.1 Å². The molecule has 0 aliphatic carbocycles. The number of nitrogens with zero attached hydrogens (tertiary/aromatic N) is 1. The number of aryl methyl sites for hydroxylation is 1. The maximum absolute atomic E-state index is 12.1. The van der Waals surface area contributed by atoms with E-state index in [1.807, 2.05) is 25.1 Å². The van der Waals surface area contributed by atoms with Gasteiger partial charge in [-0.2, -0.15) is 0 Å². The zero-order chi connectivity index (χ0) is 13.0. The van der Waals surface area contributed by atoms with E-state index in [0.717, 1.165) is 11.3 Å². The van der Waals surface area contributed by atoms with Crippen LogP contribution in [0.25, 0.3) is 0 Å². The Morgan fingerprint density at radius 2 is 2.22 bits per heavy atom. The van der Waals surface area contributed by atoms with E-state index in [9.17, 15) is 4.79 Å². The molecule has 2 rings (SSSR count). The van der Waals surface area contributed by atoms with Gasteiger partial charge in [0.25, 0.3) is 5.91 Å². The minimum atomic E-state index is -0.139. The van der Waals surface area contributed by atoms with Gasteiger partial charge in [0.1, 0.15) is 0 Å². The Morgan fingerprint density at radius 3 is 2.89 bits per heavy atom. The third kappa shape index (κ3) is 2.68. The van der Waals surface area contributed by atoms with E-state index < -0.39 is 0 Å². The minimum Gasteiger partial charge on any atom is -0.387 e. The van der Waals surface area contributed by atoms with Gasteiger partial charge in [0.05, 0.1) is 18.3 Å². The molecule has 5 heteroatoms. The molecule has 1 amide bonds. The molecule has 1 heterocycles. The number of carbonyl (C=O) groups excluding carboxylic acids is 1. The van der Waals surface area contributed by atoms with E-state index in [2.05, 4.69) is 15.8 Å². The molecule has 2 aromatic rings. The average molecular weight is 245 g/mol. The molecule has 1 aromatic carbocycles. The Morgan fingerprint density at radius 1 is 1.39 bits per heavy atom. The van der Waals surface area contributed by atoms with Crippen molar-refractivity contribution in [1.29, 1.82) is 0 Å². The van der Waals surface area contributed by atoms with Crippen molar-refractivity contribution in [3.63, 3.8) is 0 Å². The lowest BCUT2D eigenvalue weighted by molar-refractivity contribution is 0.0948. The largest absolute Gasteiger partial charge is 0.387 e. The number of amides is 1. The summed E-state index contributed by atoms with van der Waals surface area (Å²) in [5, 5.41) is 9.37. The van der Waals surface area contributed by atoms with E-state index in [0.29, 0.717) is 17.9 Å². The van der Waals surface area contributed by atoms with Crippen molar-refractivity contribution in [3.05, 3.63) is 47.3 Å². The van der Waals surface area contributed by atoms with Crippen molar-refractivity contribution < 1.29 is 9.32 Å². The first-order chi connectivity index (χ1) is 8.70. The molecule has 0 aliphatic rings. The van der Waals surface area contributed by atoms with Crippen LogP contribution < -0.4 is 10.6 Å². The number of hydrogen-bond acceptors (Lipinski definition) is 4. The highest BCUT2D eigenvalue weighted by molar-refractivity contribution is 5.99. The summed E-state index contributed by atoms with van der Waals surface area (Å²) in [5.74, 6) is 0.487.